The van der Waals surface area contributed by atoms with Crippen molar-refractivity contribution in [2.75, 3.05) is 18.5 Å². The summed E-state index contributed by atoms with van der Waals surface area (Å²) in [5.41, 5.74) is 5.41. The lowest BCUT2D eigenvalue weighted by Crippen LogP contribution is -2.21. The van der Waals surface area contributed by atoms with Gasteiger partial charge in [0.15, 0.2) is 0 Å². The van der Waals surface area contributed by atoms with Crippen LogP contribution in [0.5, 0.6) is 0 Å². The fourth-order valence-electron chi connectivity index (χ4n) is 1.51. The van der Waals surface area contributed by atoms with E-state index in [9.17, 15) is 4.79 Å². The van der Waals surface area contributed by atoms with Gasteiger partial charge in [0.2, 0.25) is 0 Å². The molecule has 15 heavy (non-hydrogen) atoms. The molecule has 3 N–H and O–H groups in total. The highest BCUT2D eigenvalue weighted by Crippen LogP contribution is 2.11. The van der Waals surface area contributed by atoms with Crippen LogP contribution in [-0.2, 0) is 4.74 Å². The average Bonchev–Trinajstić information content (AvgIpc) is 2.71. The second-order valence-electron chi connectivity index (χ2n) is 3.48. The zero-order valence-corrected chi connectivity index (χ0v) is 8.27. The number of carbonyl (C=O) groups excluding carboxylic acids is 1. The lowest BCUT2D eigenvalue weighted by atomic mass is 10.2. The maximum atomic E-state index is 10.9. The molecule has 1 aliphatic rings. The van der Waals surface area contributed by atoms with E-state index in [1.165, 1.54) is 0 Å². The van der Waals surface area contributed by atoms with Crippen LogP contribution < -0.4 is 11.1 Å². The third-order valence-corrected chi connectivity index (χ3v) is 2.28. The summed E-state index contributed by atoms with van der Waals surface area (Å²) in [6.45, 7) is 1.45. The number of hydrogen-bond acceptors (Lipinski definition) is 4. The topological polar surface area (TPSA) is 77.2 Å². The molecule has 0 spiro atoms. The van der Waals surface area contributed by atoms with Gasteiger partial charge in [0.05, 0.1) is 12.6 Å². The number of aromatic nitrogens is 1. The summed E-state index contributed by atoms with van der Waals surface area (Å²) in [6, 6.07) is 5.44. The van der Waals surface area contributed by atoms with Gasteiger partial charge in [0, 0.05) is 6.61 Å². The molecule has 0 saturated carbocycles. The molecule has 0 aliphatic carbocycles. The zero-order valence-electron chi connectivity index (χ0n) is 8.27. The van der Waals surface area contributed by atoms with Crippen molar-refractivity contribution in [3.05, 3.63) is 23.9 Å². The van der Waals surface area contributed by atoms with Crippen molar-refractivity contribution in [1.29, 1.82) is 0 Å². The molecule has 0 radical (unpaired) electrons. The van der Waals surface area contributed by atoms with Crippen LogP contribution in [0.15, 0.2) is 18.2 Å². The summed E-state index contributed by atoms with van der Waals surface area (Å²) < 4.78 is 5.23. The Morgan fingerprint density at radius 3 is 3.13 bits per heavy atom. The van der Waals surface area contributed by atoms with Crippen LogP contribution in [0.4, 0.5) is 5.82 Å². The Morgan fingerprint density at radius 2 is 2.47 bits per heavy atom. The number of hydrogen-bond donors (Lipinski definition) is 2. The first kappa shape index (κ1) is 9.92. The lowest BCUT2D eigenvalue weighted by Gasteiger charge is -2.11. The molecule has 0 unspecified atom stereocenters. The number of amides is 1. The number of anilines is 1. The minimum absolute atomic E-state index is 0.277. The third kappa shape index (κ3) is 2.44. The van der Waals surface area contributed by atoms with Crippen LogP contribution in [-0.4, -0.2) is 30.1 Å². The molecule has 1 aliphatic heterocycles. The Bertz CT molecular complexity index is 361. The first-order chi connectivity index (χ1) is 7.25. The van der Waals surface area contributed by atoms with Crippen LogP contribution in [0.3, 0.4) is 0 Å². The van der Waals surface area contributed by atoms with Gasteiger partial charge in [-0.05, 0) is 18.6 Å². The van der Waals surface area contributed by atoms with Crippen molar-refractivity contribution in [1.82, 2.24) is 4.98 Å². The van der Waals surface area contributed by atoms with E-state index in [1.807, 2.05) is 6.07 Å². The highest BCUT2D eigenvalue weighted by Gasteiger charge is 2.15. The van der Waals surface area contributed by atoms with Gasteiger partial charge in [-0.2, -0.15) is 0 Å². The van der Waals surface area contributed by atoms with E-state index in [-0.39, 0.29) is 11.7 Å². The molecule has 2 rings (SSSR count). The molecule has 1 atom stereocenters. The number of primary amides is 1. The van der Waals surface area contributed by atoms with Crippen molar-refractivity contribution < 1.29 is 9.53 Å². The molecular weight excluding hydrogens is 194 g/mol. The van der Waals surface area contributed by atoms with Gasteiger partial charge in [-0.3, -0.25) is 4.79 Å². The molecule has 2 heterocycles. The summed E-state index contributed by atoms with van der Waals surface area (Å²) in [4.78, 5) is 15.0. The SMILES string of the molecule is NC(=O)c1cccc(N[C@H]2CCOC2)n1. The highest BCUT2D eigenvalue weighted by atomic mass is 16.5. The molecule has 1 aromatic rings. The summed E-state index contributed by atoms with van der Waals surface area (Å²) in [6.07, 6.45) is 0.961. The number of rotatable bonds is 3. The van der Waals surface area contributed by atoms with Crippen molar-refractivity contribution in [2.24, 2.45) is 5.73 Å². The monoisotopic (exact) mass is 207 g/mol. The minimum atomic E-state index is -0.513. The molecule has 5 heteroatoms. The largest absolute Gasteiger partial charge is 0.379 e. The second kappa shape index (κ2) is 4.27. The van der Waals surface area contributed by atoms with Crippen molar-refractivity contribution in [3.8, 4) is 0 Å². The van der Waals surface area contributed by atoms with Gasteiger partial charge in [-0.25, -0.2) is 4.98 Å². The Kier molecular flexibility index (Phi) is 2.82. The standard InChI is InChI=1S/C10H13N3O2/c11-10(14)8-2-1-3-9(13-8)12-7-4-5-15-6-7/h1-3,7H,4-6H2,(H2,11,14)(H,12,13)/t7-/m0/s1. The maximum absolute atomic E-state index is 10.9. The van der Waals surface area contributed by atoms with E-state index in [1.54, 1.807) is 12.1 Å². The van der Waals surface area contributed by atoms with E-state index >= 15 is 0 Å². The molecule has 1 fully saturated rings. The molecular formula is C10H13N3O2. The van der Waals surface area contributed by atoms with Crippen LogP contribution in [0.2, 0.25) is 0 Å². The summed E-state index contributed by atoms with van der Waals surface area (Å²) in [7, 11) is 0. The molecule has 5 nitrogen and oxygen atoms in total. The maximum Gasteiger partial charge on any atom is 0.267 e. The molecule has 1 aromatic heterocycles. The smallest absolute Gasteiger partial charge is 0.267 e. The summed E-state index contributed by atoms with van der Waals surface area (Å²) >= 11 is 0. The quantitative estimate of drug-likeness (QED) is 0.751. The second-order valence-corrected chi connectivity index (χ2v) is 3.48. The van der Waals surface area contributed by atoms with E-state index in [0.717, 1.165) is 13.0 Å². The van der Waals surface area contributed by atoms with Gasteiger partial charge >= 0.3 is 0 Å². The van der Waals surface area contributed by atoms with Crippen molar-refractivity contribution in [2.45, 2.75) is 12.5 Å². The van der Waals surface area contributed by atoms with E-state index in [0.29, 0.717) is 12.4 Å². The Hall–Kier alpha value is -1.62. The van der Waals surface area contributed by atoms with Crippen LogP contribution >= 0.6 is 0 Å². The first-order valence-corrected chi connectivity index (χ1v) is 4.87. The van der Waals surface area contributed by atoms with E-state index in [4.69, 9.17) is 10.5 Å². The van der Waals surface area contributed by atoms with Gasteiger partial charge in [0.25, 0.3) is 5.91 Å². The van der Waals surface area contributed by atoms with Gasteiger partial charge in [0.1, 0.15) is 11.5 Å². The molecule has 80 valence electrons. The third-order valence-electron chi connectivity index (χ3n) is 2.28. The summed E-state index contributed by atoms with van der Waals surface area (Å²) in [5.74, 6) is 0.156. The highest BCUT2D eigenvalue weighted by molar-refractivity contribution is 5.91. The number of ether oxygens (including phenoxy) is 1. The number of carbonyl (C=O) groups is 1. The summed E-state index contributed by atoms with van der Waals surface area (Å²) in [5, 5.41) is 3.19. The fourth-order valence-corrected chi connectivity index (χ4v) is 1.51. The van der Waals surface area contributed by atoms with Crippen molar-refractivity contribution in [3.63, 3.8) is 0 Å². The van der Waals surface area contributed by atoms with E-state index in [2.05, 4.69) is 10.3 Å². The predicted octanol–water partition coefficient (Wildman–Crippen LogP) is 0.381. The normalized spacial score (nSPS) is 20.1. The molecule has 1 amide bonds. The van der Waals surface area contributed by atoms with Crippen LogP contribution in [0.25, 0.3) is 0 Å². The van der Waals surface area contributed by atoms with E-state index < -0.39 is 5.91 Å². The van der Waals surface area contributed by atoms with Gasteiger partial charge in [-0.1, -0.05) is 6.07 Å². The van der Waals surface area contributed by atoms with Crippen molar-refractivity contribution >= 4 is 11.7 Å². The van der Waals surface area contributed by atoms with Gasteiger partial charge < -0.3 is 15.8 Å². The predicted molar refractivity (Wildman–Crippen MR) is 55.6 cm³/mol. The number of nitrogens with one attached hydrogen (secondary N) is 1. The number of nitrogens with zero attached hydrogens (tertiary/aromatic N) is 1. The number of nitrogens with two attached hydrogens (primary N) is 1. The number of pyridine rings is 1. The Balaban J connectivity index is 2.07. The minimum Gasteiger partial charge on any atom is -0.379 e. The Morgan fingerprint density at radius 1 is 1.60 bits per heavy atom. The average molecular weight is 207 g/mol. The zero-order chi connectivity index (χ0) is 10.7. The Labute approximate surface area is 87.6 Å². The van der Waals surface area contributed by atoms with Gasteiger partial charge in [-0.15, -0.1) is 0 Å². The first-order valence-electron chi connectivity index (χ1n) is 4.87. The van der Waals surface area contributed by atoms with Crippen LogP contribution in [0, 0.1) is 0 Å². The lowest BCUT2D eigenvalue weighted by molar-refractivity contribution is 0.0995. The molecule has 0 bridgehead atoms. The fraction of sp³-hybridized carbons (Fsp3) is 0.400. The molecule has 0 aromatic carbocycles. The molecule has 1 saturated heterocycles. The van der Waals surface area contributed by atoms with Crippen LogP contribution in [0.1, 0.15) is 16.9 Å².